The van der Waals surface area contributed by atoms with Gasteiger partial charge in [-0.2, -0.15) is 0 Å². The normalized spacial score (nSPS) is 24.9. The molecular weight excluding hydrogens is 283 g/mol. The van der Waals surface area contributed by atoms with Crippen molar-refractivity contribution < 1.29 is 14.0 Å². The fourth-order valence-electron chi connectivity index (χ4n) is 3.35. The van der Waals surface area contributed by atoms with E-state index in [-0.39, 0.29) is 35.5 Å². The number of carbonyl (C=O) groups excluding carboxylic acids is 2. The van der Waals surface area contributed by atoms with Crippen LogP contribution < -0.4 is 5.32 Å². The SMILES string of the molecule is CC(=O)NC1CCN(C(=O)[C@H]2C[C@@H]2c2ccccc2F)CC1. The lowest BCUT2D eigenvalue weighted by atomic mass is 10.0. The summed E-state index contributed by atoms with van der Waals surface area (Å²) in [5.74, 6) is -0.149. The van der Waals surface area contributed by atoms with Gasteiger partial charge in [-0.05, 0) is 36.8 Å². The number of likely N-dealkylation sites (tertiary alicyclic amines) is 1. The molecule has 1 aliphatic heterocycles. The number of benzene rings is 1. The fourth-order valence-corrected chi connectivity index (χ4v) is 3.35. The Labute approximate surface area is 129 Å². The van der Waals surface area contributed by atoms with Crippen molar-refractivity contribution in [2.24, 2.45) is 5.92 Å². The summed E-state index contributed by atoms with van der Waals surface area (Å²) in [5, 5.41) is 2.90. The number of hydrogen-bond donors (Lipinski definition) is 1. The van der Waals surface area contributed by atoms with Crippen LogP contribution in [0.4, 0.5) is 4.39 Å². The van der Waals surface area contributed by atoms with Crippen LogP contribution in [0.5, 0.6) is 0 Å². The molecule has 1 aromatic rings. The molecule has 2 fully saturated rings. The Bertz CT molecular complexity index is 582. The molecule has 0 spiro atoms. The predicted molar refractivity (Wildman–Crippen MR) is 80.7 cm³/mol. The summed E-state index contributed by atoms with van der Waals surface area (Å²) in [6.07, 6.45) is 2.33. The van der Waals surface area contributed by atoms with Gasteiger partial charge in [-0.1, -0.05) is 18.2 Å². The molecule has 3 rings (SSSR count). The van der Waals surface area contributed by atoms with Gasteiger partial charge in [0.25, 0.3) is 0 Å². The first-order valence-electron chi connectivity index (χ1n) is 7.86. The minimum Gasteiger partial charge on any atom is -0.353 e. The molecular formula is C17H21FN2O2. The van der Waals surface area contributed by atoms with E-state index in [1.807, 2.05) is 11.0 Å². The van der Waals surface area contributed by atoms with E-state index in [4.69, 9.17) is 0 Å². The number of nitrogens with zero attached hydrogens (tertiary/aromatic N) is 1. The number of carbonyl (C=O) groups is 2. The van der Waals surface area contributed by atoms with Crippen molar-refractivity contribution in [3.8, 4) is 0 Å². The monoisotopic (exact) mass is 304 g/mol. The number of hydrogen-bond acceptors (Lipinski definition) is 2. The molecule has 2 amide bonds. The largest absolute Gasteiger partial charge is 0.353 e. The summed E-state index contributed by atoms with van der Waals surface area (Å²) >= 11 is 0. The van der Waals surface area contributed by atoms with Gasteiger partial charge in [0.2, 0.25) is 11.8 Å². The molecule has 2 aliphatic rings. The van der Waals surface area contributed by atoms with Gasteiger partial charge in [-0.25, -0.2) is 4.39 Å². The Hall–Kier alpha value is -1.91. The van der Waals surface area contributed by atoms with Gasteiger partial charge in [0.1, 0.15) is 5.82 Å². The van der Waals surface area contributed by atoms with Crippen molar-refractivity contribution in [2.45, 2.75) is 38.1 Å². The van der Waals surface area contributed by atoms with Gasteiger partial charge < -0.3 is 10.2 Å². The summed E-state index contributed by atoms with van der Waals surface area (Å²) < 4.78 is 13.8. The van der Waals surface area contributed by atoms with E-state index in [9.17, 15) is 14.0 Å². The molecule has 1 N–H and O–H groups in total. The van der Waals surface area contributed by atoms with E-state index in [1.54, 1.807) is 12.1 Å². The summed E-state index contributed by atoms with van der Waals surface area (Å²) in [6.45, 7) is 2.86. The second-order valence-corrected chi connectivity index (χ2v) is 6.27. The molecule has 0 aromatic heterocycles. The number of piperidine rings is 1. The highest BCUT2D eigenvalue weighted by Crippen LogP contribution is 2.49. The standard InChI is InChI=1S/C17H21FN2O2/c1-11(21)19-12-6-8-20(9-7-12)17(22)15-10-14(15)13-4-2-3-5-16(13)18/h2-5,12,14-15H,6-10H2,1H3,(H,19,21)/t14-,15+/m1/s1. The molecule has 5 heteroatoms. The summed E-state index contributed by atoms with van der Waals surface area (Å²) in [4.78, 5) is 25.4. The molecule has 1 aliphatic carbocycles. The molecule has 4 nitrogen and oxygen atoms in total. The van der Waals surface area contributed by atoms with Crippen molar-refractivity contribution in [1.29, 1.82) is 0 Å². The zero-order valence-corrected chi connectivity index (χ0v) is 12.7. The highest BCUT2D eigenvalue weighted by Gasteiger charge is 2.47. The van der Waals surface area contributed by atoms with Gasteiger partial charge in [0.05, 0.1) is 0 Å². The van der Waals surface area contributed by atoms with Crippen molar-refractivity contribution in [3.63, 3.8) is 0 Å². The molecule has 1 saturated heterocycles. The topological polar surface area (TPSA) is 49.4 Å². The van der Waals surface area contributed by atoms with Crippen LogP contribution in [0.3, 0.4) is 0 Å². The van der Waals surface area contributed by atoms with Crippen LogP contribution in [-0.4, -0.2) is 35.8 Å². The van der Waals surface area contributed by atoms with Gasteiger partial charge >= 0.3 is 0 Å². The zero-order chi connectivity index (χ0) is 15.7. The molecule has 118 valence electrons. The predicted octanol–water partition coefficient (Wildman–Crippen LogP) is 2.06. The van der Waals surface area contributed by atoms with E-state index in [1.165, 1.54) is 13.0 Å². The Balaban J connectivity index is 1.54. The van der Waals surface area contributed by atoms with Crippen LogP contribution in [0, 0.1) is 11.7 Å². The molecule has 0 bridgehead atoms. The van der Waals surface area contributed by atoms with E-state index in [0.29, 0.717) is 18.7 Å². The minimum absolute atomic E-state index is 0.0217. The van der Waals surface area contributed by atoms with Gasteiger partial charge in [0.15, 0.2) is 0 Å². The van der Waals surface area contributed by atoms with Crippen molar-refractivity contribution >= 4 is 11.8 Å². The molecule has 1 saturated carbocycles. The number of rotatable bonds is 3. The molecule has 22 heavy (non-hydrogen) atoms. The van der Waals surface area contributed by atoms with Gasteiger partial charge in [-0.15, -0.1) is 0 Å². The minimum atomic E-state index is -0.216. The van der Waals surface area contributed by atoms with E-state index >= 15 is 0 Å². The zero-order valence-electron chi connectivity index (χ0n) is 12.7. The van der Waals surface area contributed by atoms with Crippen molar-refractivity contribution in [2.75, 3.05) is 13.1 Å². The molecule has 0 unspecified atom stereocenters. The van der Waals surface area contributed by atoms with E-state index < -0.39 is 0 Å². The van der Waals surface area contributed by atoms with Crippen LogP contribution in [0.1, 0.15) is 37.7 Å². The Morgan fingerprint density at radius 3 is 2.55 bits per heavy atom. The fraction of sp³-hybridized carbons (Fsp3) is 0.529. The maximum Gasteiger partial charge on any atom is 0.226 e. The molecule has 0 radical (unpaired) electrons. The number of amides is 2. The average Bonchev–Trinajstić information content (AvgIpc) is 3.27. The lowest BCUT2D eigenvalue weighted by Gasteiger charge is -2.32. The Morgan fingerprint density at radius 1 is 1.23 bits per heavy atom. The smallest absolute Gasteiger partial charge is 0.226 e. The molecule has 2 atom stereocenters. The van der Waals surface area contributed by atoms with Crippen molar-refractivity contribution in [1.82, 2.24) is 10.2 Å². The van der Waals surface area contributed by atoms with Gasteiger partial charge in [-0.3, -0.25) is 9.59 Å². The lowest BCUT2D eigenvalue weighted by molar-refractivity contribution is -0.133. The first kappa shape index (κ1) is 15.0. The Morgan fingerprint density at radius 2 is 1.91 bits per heavy atom. The number of halogens is 1. The van der Waals surface area contributed by atoms with Crippen LogP contribution in [0.15, 0.2) is 24.3 Å². The third-order valence-electron chi connectivity index (χ3n) is 4.63. The van der Waals surface area contributed by atoms with Crippen LogP contribution >= 0.6 is 0 Å². The summed E-state index contributed by atoms with van der Waals surface area (Å²) in [7, 11) is 0. The van der Waals surface area contributed by atoms with E-state index in [0.717, 1.165) is 19.3 Å². The first-order chi connectivity index (χ1) is 10.6. The average molecular weight is 304 g/mol. The van der Waals surface area contributed by atoms with Crippen LogP contribution in [-0.2, 0) is 9.59 Å². The van der Waals surface area contributed by atoms with Crippen LogP contribution in [0.2, 0.25) is 0 Å². The summed E-state index contributed by atoms with van der Waals surface area (Å²) in [5.41, 5.74) is 0.661. The number of nitrogens with one attached hydrogen (secondary N) is 1. The maximum absolute atomic E-state index is 13.8. The van der Waals surface area contributed by atoms with Crippen molar-refractivity contribution in [3.05, 3.63) is 35.6 Å². The second-order valence-electron chi connectivity index (χ2n) is 6.27. The lowest BCUT2D eigenvalue weighted by Crippen LogP contribution is -2.46. The maximum atomic E-state index is 13.8. The molecule has 1 heterocycles. The molecule has 1 aromatic carbocycles. The highest BCUT2D eigenvalue weighted by atomic mass is 19.1. The Kier molecular flexibility index (Phi) is 4.14. The van der Waals surface area contributed by atoms with E-state index in [2.05, 4.69) is 5.32 Å². The first-order valence-corrected chi connectivity index (χ1v) is 7.86. The second kappa shape index (κ2) is 6.07. The van der Waals surface area contributed by atoms with Crippen LogP contribution in [0.25, 0.3) is 0 Å². The third-order valence-corrected chi connectivity index (χ3v) is 4.63. The summed E-state index contributed by atoms with van der Waals surface area (Å²) in [6, 6.07) is 6.88. The highest BCUT2D eigenvalue weighted by molar-refractivity contribution is 5.83. The van der Waals surface area contributed by atoms with Gasteiger partial charge in [0, 0.05) is 32.0 Å². The quantitative estimate of drug-likeness (QED) is 0.929. The third kappa shape index (κ3) is 3.13.